The maximum absolute atomic E-state index is 12.8. The van der Waals surface area contributed by atoms with Crippen LogP contribution in [0.5, 0.6) is 0 Å². The van der Waals surface area contributed by atoms with Crippen molar-refractivity contribution in [2.24, 2.45) is 0 Å². The van der Waals surface area contributed by atoms with Crippen LogP contribution in [0.25, 0.3) is 22.2 Å². The fourth-order valence-corrected chi connectivity index (χ4v) is 4.61. The second-order valence-electron chi connectivity index (χ2n) is 7.44. The molecule has 4 nitrogen and oxygen atoms in total. The second kappa shape index (κ2) is 7.53. The van der Waals surface area contributed by atoms with Gasteiger partial charge in [-0.2, -0.15) is 13.2 Å². The van der Waals surface area contributed by atoms with Crippen molar-refractivity contribution in [3.05, 3.63) is 76.3 Å². The number of amides is 1. The fraction of sp³-hybridized carbons (Fsp3) is 0.217. The lowest BCUT2D eigenvalue weighted by molar-refractivity contribution is -0.137. The summed E-state index contributed by atoms with van der Waals surface area (Å²) in [5.74, 6) is 0.465. The first-order valence-electron chi connectivity index (χ1n) is 9.83. The van der Waals surface area contributed by atoms with E-state index < -0.39 is 11.7 Å². The average molecular weight is 442 g/mol. The summed E-state index contributed by atoms with van der Waals surface area (Å²) in [6, 6.07) is 13.8. The highest BCUT2D eigenvalue weighted by Gasteiger charge is 2.34. The third-order valence-electron chi connectivity index (χ3n) is 5.48. The molecule has 31 heavy (non-hydrogen) atoms. The van der Waals surface area contributed by atoms with Crippen LogP contribution in [0, 0.1) is 0 Å². The zero-order valence-corrected chi connectivity index (χ0v) is 17.0. The zero-order valence-electron chi connectivity index (χ0n) is 16.2. The van der Waals surface area contributed by atoms with Gasteiger partial charge in [0.2, 0.25) is 5.89 Å². The number of alkyl halides is 3. The molecule has 1 fully saturated rings. The van der Waals surface area contributed by atoms with E-state index in [0.717, 1.165) is 30.5 Å². The normalized spacial score (nSPS) is 16.9. The van der Waals surface area contributed by atoms with E-state index in [0.29, 0.717) is 34.0 Å². The number of oxazole rings is 1. The molecule has 1 atom stereocenters. The minimum atomic E-state index is -4.36. The van der Waals surface area contributed by atoms with Gasteiger partial charge in [-0.25, -0.2) is 4.98 Å². The molecule has 0 radical (unpaired) electrons. The molecular formula is C23H17F3N2O2S. The van der Waals surface area contributed by atoms with Crippen LogP contribution < -0.4 is 0 Å². The third-order valence-corrected chi connectivity index (χ3v) is 6.34. The minimum Gasteiger partial charge on any atom is -0.438 e. The highest BCUT2D eigenvalue weighted by atomic mass is 32.1. The number of aromatic nitrogens is 1. The molecule has 0 bridgehead atoms. The van der Waals surface area contributed by atoms with Gasteiger partial charge in [-0.15, -0.1) is 11.3 Å². The molecule has 0 N–H and O–H groups in total. The summed E-state index contributed by atoms with van der Waals surface area (Å²) in [5, 5.41) is 1.88. The van der Waals surface area contributed by atoms with Crippen LogP contribution in [-0.4, -0.2) is 22.3 Å². The van der Waals surface area contributed by atoms with Gasteiger partial charge in [0.15, 0.2) is 5.58 Å². The number of benzene rings is 2. The molecule has 4 aromatic rings. The van der Waals surface area contributed by atoms with Gasteiger partial charge >= 0.3 is 6.18 Å². The molecule has 8 heteroatoms. The number of likely N-dealkylation sites (tertiary alicyclic amines) is 1. The van der Waals surface area contributed by atoms with Crippen molar-refractivity contribution in [2.75, 3.05) is 6.54 Å². The van der Waals surface area contributed by atoms with E-state index in [9.17, 15) is 18.0 Å². The predicted molar refractivity (Wildman–Crippen MR) is 112 cm³/mol. The van der Waals surface area contributed by atoms with Gasteiger partial charge in [0.1, 0.15) is 11.6 Å². The van der Waals surface area contributed by atoms with Crippen LogP contribution in [0.3, 0.4) is 0 Å². The first-order valence-corrected chi connectivity index (χ1v) is 10.7. The number of thiophene rings is 1. The molecule has 2 aromatic carbocycles. The predicted octanol–water partition coefficient (Wildman–Crippen LogP) is 6.55. The number of nitrogens with zero attached hydrogens (tertiary/aromatic N) is 2. The van der Waals surface area contributed by atoms with Crippen LogP contribution in [-0.2, 0) is 6.18 Å². The molecule has 5 rings (SSSR count). The van der Waals surface area contributed by atoms with Crippen molar-refractivity contribution in [1.82, 2.24) is 9.88 Å². The lowest BCUT2D eigenvalue weighted by atomic mass is 10.0. The lowest BCUT2D eigenvalue weighted by Gasteiger charge is -2.21. The van der Waals surface area contributed by atoms with Crippen molar-refractivity contribution >= 4 is 28.3 Å². The van der Waals surface area contributed by atoms with Gasteiger partial charge in [-0.3, -0.25) is 4.79 Å². The monoisotopic (exact) mass is 442 g/mol. The highest BCUT2D eigenvalue weighted by Crippen LogP contribution is 2.36. The number of carbonyl (C=O) groups is 1. The Bertz CT molecular complexity index is 1230. The molecule has 2 aromatic heterocycles. The van der Waals surface area contributed by atoms with Gasteiger partial charge in [-0.05, 0) is 59.7 Å². The third kappa shape index (κ3) is 3.72. The van der Waals surface area contributed by atoms with E-state index >= 15 is 0 Å². The van der Waals surface area contributed by atoms with E-state index in [1.165, 1.54) is 23.5 Å². The Morgan fingerprint density at radius 2 is 1.87 bits per heavy atom. The Balaban J connectivity index is 1.44. The Kier molecular flexibility index (Phi) is 4.81. The average Bonchev–Trinajstić information content (AvgIpc) is 3.52. The van der Waals surface area contributed by atoms with Crippen molar-refractivity contribution < 1.29 is 22.4 Å². The smallest absolute Gasteiger partial charge is 0.416 e. The van der Waals surface area contributed by atoms with E-state index in [-0.39, 0.29) is 11.9 Å². The first-order chi connectivity index (χ1) is 14.9. The Labute approximate surface area is 179 Å². The Morgan fingerprint density at radius 3 is 2.58 bits per heavy atom. The van der Waals surface area contributed by atoms with Crippen LogP contribution in [0.2, 0.25) is 0 Å². The van der Waals surface area contributed by atoms with Crippen LogP contribution in [0.4, 0.5) is 13.2 Å². The molecule has 158 valence electrons. The number of hydrogen-bond acceptors (Lipinski definition) is 4. The summed E-state index contributed by atoms with van der Waals surface area (Å²) in [4.78, 5) is 19.9. The lowest BCUT2D eigenvalue weighted by Crippen LogP contribution is -2.30. The zero-order chi connectivity index (χ0) is 21.6. The summed E-state index contributed by atoms with van der Waals surface area (Å²) >= 11 is 1.41. The first kappa shape index (κ1) is 19.8. The SMILES string of the molecule is O=C(c1cccs1)N1CCC[C@@H]1c1nc2cc(-c3ccc(C(F)(F)F)cc3)ccc2o1. The minimum absolute atomic E-state index is 0.0230. The van der Waals surface area contributed by atoms with E-state index in [1.54, 1.807) is 23.1 Å². The maximum Gasteiger partial charge on any atom is 0.416 e. The number of halogens is 3. The summed E-state index contributed by atoms with van der Waals surface area (Å²) in [5.41, 5.74) is 1.93. The molecule has 0 unspecified atom stereocenters. The Morgan fingerprint density at radius 1 is 1.10 bits per heavy atom. The summed E-state index contributed by atoms with van der Waals surface area (Å²) in [7, 11) is 0. The van der Waals surface area contributed by atoms with Crippen molar-refractivity contribution in [3.8, 4) is 11.1 Å². The number of hydrogen-bond donors (Lipinski definition) is 0. The van der Waals surface area contributed by atoms with Gasteiger partial charge in [0.25, 0.3) is 5.91 Å². The number of fused-ring (bicyclic) bond motifs is 1. The molecule has 1 aliphatic rings. The summed E-state index contributed by atoms with van der Waals surface area (Å²) < 4.78 is 44.4. The van der Waals surface area contributed by atoms with Crippen LogP contribution in [0.1, 0.15) is 40.0 Å². The number of carbonyl (C=O) groups excluding carboxylic acids is 1. The summed E-state index contributed by atoms with van der Waals surface area (Å²) in [6.07, 6.45) is -2.72. The van der Waals surface area contributed by atoms with Crippen molar-refractivity contribution in [1.29, 1.82) is 0 Å². The maximum atomic E-state index is 12.8. The largest absolute Gasteiger partial charge is 0.438 e. The van der Waals surface area contributed by atoms with E-state index in [2.05, 4.69) is 4.98 Å². The molecule has 1 aliphatic heterocycles. The molecule has 0 saturated carbocycles. The molecule has 0 aliphatic carbocycles. The van der Waals surface area contributed by atoms with E-state index in [4.69, 9.17) is 4.42 Å². The molecule has 1 amide bonds. The van der Waals surface area contributed by atoms with Gasteiger partial charge < -0.3 is 9.32 Å². The van der Waals surface area contributed by atoms with Crippen molar-refractivity contribution in [3.63, 3.8) is 0 Å². The molecule has 3 heterocycles. The summed E-state index contributed by atoms with van der Waals surface area (Å²) in [6.45, 7) is 0.650. The standard InChI is InChI=1S/C23H17F3N2O2S/c24-23(25,26)16-8-5-14(6-9-16)15-7-10-19-17(13-15)27-21(30-19)18-3-1-11-28(18)22(29)20-4-2-12-31-20/h2,4-10,12-13,18H,1,3,11H2/t18-/m1/s1. The van der Waals surface area contributed by atoms with Gasteiger partial charge in [0.05, 0.1) is 10.4 Å². The fourth-order valence-electron chi connectivity index (χ4n) is 3.93. The quantitative estimate of drug-likeness (QED) is 0.361. The second-order valence-corrected chi connectivity index (χ2v) is 8.39. The van der Waals surface area contributed by atoms with Crippen LogP contribution in [0.15, 0.2) is 64.4 Å². The van der Waals surface area contributed by atoms with Gasteiger partial charge in [-0.1, -0.05) is 24.3 Å². The van der Waals surface area contributed by atoms with Gasteiger partial charge in [0, 0.05) is 6.54 Å². The van der Waals surface area contributed by atoms with E-state index in [1.807, 2.05) is 17.5 Å². The molecule has 1 saturated heterocycles. The number of rotatable bonds is 3. The Hall–Kier alpha value is -3.13. The van der Waals surface area contributed by atoms with Crippen molar-refractivity contribution in [2.45, 2.75) is 25.1 Å². The highest BCUT2D eigenvalue weighted by molar-refractivity contribution is 7.12. The molecule has 0 spiro atoms. The molecular weight excluding hydrogens is 425 g/mol. The van der Waals surface area contributed by atoms with Crippen LogP contribution >= 0.6 is 11.3 Å². The topological polar surface area (TPSA) is 46.3 Å².